The lowest BCUT2D eigenvalue weighted by molar-refractivity contribution is 0.102. The van der Waals surface area contributed by atoms with Crippen molar-refractivity contribution in [1.29, 1.82) is 0 Å². The van der Waals surface area contributed by atoms with Crippen LogP contribution in [0.25, 0.3) is 0 Å². The van der Waals surface area contributed by atoms with Gasteiger partial charge in [0, 0.05) is 18.3 Å². The zero-order chi connectivity index (χ0) is 16.1. The largest absolute Gasteiger partial charge is 0.305 e. The van der Waals surface area contributed by atoms with Gasteiger partial charge in [0.2, 0.25) is 0 Å². The van der Waals surface area contributed by atoms with Gasteiger partial charge in [-0.1, -0.05) is 0 Å². The van der Waals surface area contributed by atoms with E-state index in [4.69, 9.17) is 0 Å². The Labute approximate surface area is 135 Å². The molecular weight excluding hydrogens is 290 g/mol. The first-order valence-corrected chi connectivity index (χ1v) is 8.47. The molecule has 0 bridgehead atoms. The van der Waals surface area contributed by atoms with E-state index in [9.17, 15) is 4.79 Å². The van der Waals surface area contributed by atoms with Crippen molar-refractivity contribution in [1.82, 2.24) is 19.6 Å². The molecule has 2 aliphatic carbocycles. The Morgan fingerprint density at radius 2 is 2.13 bits per heavy atom. The van der Waals surface area contributed by atoms with Crippen molar-refractivity contribution >= 4 is 11.7 Å². The predicted molar refractivity (Wildman–Crippen MR) is 87.6 cm³/mol. The molecule has 0 radical (unpaired) electrons. The Balaban J connectivity index is 1.57. The Morgan fingerprint density at radius 1 is 1.35 bits per heavy atom. The van der Waals surface area contributed by atoms with E-state index >= 15 is 0 Å². The average molecular weight is 313 g/mol. The summed E-state index contributed by atoms with van der Waals surface area (Å²) in [5.41, 5.74) is 3.84. The maximum absolute atomic E-state index is 12.6. The van der Waals surface area contributed by atoms with Crippen molar-refractivity contribution in [3.63, 3.8) is 0 Å². The summed E-state index contributed by atoms with van der Waals surface area (Å²) in [5.74, 6) is 1.39. The molecule has 1 unspecified atom stereocenters. The van der Waals surface area contributed by atoms with Crippen LogP contribution in [0.2, 0.25) is 0 Å². The lowest BCUT2D eigenvalue weighted by Gasteiger charge is -2.12. The second-order valence-electron chi connectivity index (χ2n) is 6.90. The number of carbonyl (C=O) groups excluding carboxylic acids is 1. The summed E-state index contributed by atoms with van der Waals surface area (Å²) in [5, 5.41) is 12.1. The van der Waals surface area contributed by atoms with Crippen molar-refractivity contribution in [3.8, 4) is 0 Å². The minimum Gasteiger partial charge on any atom is -0.305 e. The molecule has 122 valence electrons. The number of amides is 1. The molecular formula is C17H23N5O. The van der Waals surface area contributed by atoms with Crippen LogP contribution in [0.4, 0.5) is 5.82 Å². The van der Waals surface area contributed by atoms with Gasteiger partial charge in [-0.2, -0.15) is 10.2 Å². The third kappa shape index (κ3) is 2.46. The fourth-order valence-corrected chi connectivity index (χ4v) is 3.64. The molecule has 0 saturated heterocycles. The first-order chi connectivity index (χ1) is 11.0. The van der Waals surface area contributed by atoms with Crippen LogP contribution >= 0.6 is 0 Å². The summed E-state index contributed by atoms with van der Waals surface area (Å²) in [6.07, 6.45) is 5.65. The van der Waals surface area contributed by atoms with Crippen LogP contribution in [0, 0.1) is 12.8 Å². The van der Waals surface area contributed by atoms with E-state index in [1.807, 2.05) is 24.7 Å². The third-order valence-corrected chi connectivity index (χ3v) is 5.15. The predicted octanol–water partition coefficient (Wildman–Crippen LogP) is 2.64. The van der Waals surface area contributed by atoms with Gasteiger partial charge < -0.3 is 5.32 Å². The van der Waals surface area contributed by atoms with Gasteiger partial charge in [0.05, 0.1) is 11.7 Å². The molecule has 1 fully saturated rings. The number of aromatic nitrogens is 4. The van der Waals surface area contributed by atoms with Crippen LogP contribution < -0.4 is 5.32 Å². The van der Waals surface area contributed by atoms with Gasteiger partial charge in [-0.3, -0.25) is 14.2 Å². The highest BCUT2D eigenvalue weighted by atomic mass is 16.2. The molecule has 1 N–H and O–H groups in total. The van der Waals surface area contributed by atoms with Crippen LogP contribution in [-0.2, 0) is 19.9 Å². The first kappa shape index (κ1) is 14.5. The number of fused-ring (bicyclic) bond motifs is 1. The summed E-state index contributed by atoms with van der Waals surface area (Å²) in [7, 11) is 1.88. The van der Waals surface area contributed by atoms with Gasteiger partial charge in [0.15, 0.2) is 5.69 Å². The summed E-state index contributed by atoms with van der Waals surface area (Å²) in [6, 6.07) is 2.25. The molecule has 2 aliphatic rings. The topological polar surface area (TPSA) is 64.7 Å². The van der Waals surface area contributed by atoms with Crippen LogP contribution in [0.1, 0.15) is 59.7 Å². The Bertz CT molecular complexity index is 768. The van der Waals surface area contributed by atoms with Crippen molar-refractivity contribution in [2.45, 2.75) is 52.0 Å². The number of carbonyl (C=O) groups is 1. The van der Waals surface area contributed by atoms with Crippen LogP contribution in [0.5, 0.6) is 0 Å². The number of nitrogens with one attached hydrogen (secondary N) is 1. The summed E-state index contributed by atoms with van der Waals surface area (Å²) in [6.45, 7) is 4.21. The number of rotatable bonds is 4. The van der Waals surface area contributed by atoms with Crippen LogP contribution in [0.3, 0.4) is 0 Å². The van der Waals surface area contributed by atoms with E-state index in [0.717, 1.165) is 36.5 Å². The molecule has 4 rings (SSSR count). The smallest absolute Gasteiger partial charge is 0.277 e. The van der Waals surface area contributed by atoms with E-state index in [1.54, 1.807) is 4.68 Å². The fraction of sp³-hybridized carbons (Fsp3) is 0.588. The normalized spacial score (nSPS) is 18.0. The highest BCUT2D eigenvalue weighted by Gasteiger charge is 2.31. The highest BCUT2D eigenvalue weighted by Crippen LogP contribution is 2.39. The third-order valence-electron chi connectivity index (χ3n) is 5.15. The minimum atomic E-state index is -0.146. The maximum atomic E-state index is 12.6. The molecule has 23 heavy (non-hydrogen) atoms. The maximum Gasteiger partial charge on any atom is 0.277 e. The van der Waals surface area contributed by atoms with E-state index < -0.39 is 0 Å². The number of hydrogen-bond donors (Lipinski definition) is 1. The Morgan fingerprint density at radius 3 is 2.87 bits per heavy atom. The van der Waals surface area contributed by atoms with E-state index in [2.05, 4.69) is 22.4 Å². The molecule has 1 saturated carbocycles. The molecule has 2 aromatic rings. The quantitative estimate of drug-likeness (QED) is 0.943. The van der Waals surface area contributed by atoms with E-state index in [-0.39, 0.29) is 5.91 Å². The minimum absolute atomic E-state index is 0.146. The Kier molecular flexibility index (Phi) is 3.28. The zero-order valence-electron chi connectivity index (χ0n) is 14.0. The van der Waals surface area contributed by atoms with Gasteiger partial charge in [0.25, 0.3) is 5.91 Å². The van der Waals surface area contributed by atoms with E-state index in [0.29, 0.717) is 17.7 Å². The average Bonchev–Trinajstić information content (AvgIpc) is 3.05. The molecule has 0 spiro atoms. The molecule has 1 amide bonds. The SMILES string of the molecule is Cc1cc(C(=O)Nc2c3c(nn2C)CCC3)nn1C(C)C1CC1. The van der Waals surface area contributed by atoms with Crippen LogP contribution in [0.15, 0.2) is 6.07 Å². The molecule has 6 heteroatoms. The lowest BCUT2D eigenvalue weighted by atomic mass is 10.2. The molecule has 0 aliphatic heterocycles. The molecule has 2 heterocycles. The van der Waals surface area contributed by atoms with Gasteiger partial charge in [-0.05, 0) is 57.9 Å². The highest BCUT2D eigenvalue weighted by molar-refractivity contribution is 6.03. The van der Waals surface area contributed by atoms with Crippen LogP contribution in [-0.4, -0.2) is 25.5 Å². The lowest BCUT2D eigenvalue weighted by Crippen LogP contribution is -2.17. The molecule has 2 aromatic heterocycles. The van der Waals surface area contributed by atoms with E-state index in [1.165, 1.54) is 18.4 Å². The summed E-state index contributed by atoms with van der Waals surface area (Å²) in [4.78, 5) is 12.6. The zero-order valence-corrected chi connectivity index (χ0v) is 14.0. The monoisotopic (exact) mass is 313 g/mol. The fourth-order valence-electron chi connectivity index (χ4n) is 3.64. The van der Waals surface area contributed by atoms with Gasteiger partial charge in [0.1, 0.15) is 5.82 Å². The summed E-state index contributed by atoms with van der Waals surface area (Å²) < 4.78 is 3.78. The van der Waals surface area contributed by atoms with Gasteiger partial charge in [-0.25, -0.2) is 0 Å². The second-order valence-corrected chi connectivity index (χ2v) is 6.90. The number of hydrogen-bond acceptors (Lipinski definition) is 3. The van der Waals surface area contributed by atoms with Crippen molar-refractivity contribution in [2.24, 2.45) is 13.0 Å². The summed E-state index contributed by atoms with van der Waals surface area (Å²) >= 11 is 0. The number of anilines is 1. The number of aryl methyl sites for hydroxylation is 3. The van der Waals surface area contributed by atoms with Crippen molar-refractivity contribution in [3.05, 3.63) is 28.7 Å². The Hall–Kier alpha value is -2.11. The van der Waals surface area contributed by atoms with Gasteiger partial charge in [-0.15, -0.1) is 0 Å². The first-order valence-electron chi connectivity index (χ1n) is 8.47. The second kappa shape index (κ2) is 5.22. The standard InChI is InChI=1S/C17H23N5O/c1-10-9-15(20-22(10)11(2)12-7-8-12)17(23)18-16-13-5-4-6-14(13)19-21(16)3/h9,11-12H,4-8H2,1-3H3,(H,18,23). The van der Waals surface area contributed by atoms with Gasteiger partial charge >= 0.3 is 0 Å². The van der Waals surface area contributed by atoms with Crippen molar-refractivity contribution < 1.29 is 4.79 Å². The molecule has 6 nitrogen and oxygen atoms in total. The van der Waals surface area contributed by atoms with Crippen molar-refractivity contribution in [2.75, 3.05) is 5.32 Å². The molecule has 0 aromatic carbocycles. The molecule has 1 atom stereocenters. The number of nitrogens with zero attached hydrogens (tertiary/aromatic N) is 4.